The maximum Gasteiger partial charge on any atom is 0.150 e. The molecule has 1 aliphatic rings. The van der Waals surface area contributed by atoms with Crippen LogP contribution in [0, 0.1) is 0 Å². The van der Waals surface area contributed by atoms with Crippen molar-refractivity contribution in [1.82, 2.24) is 5.32 Å². The third-order valence-electron chi connectivity index (χ3n) is 2.62. The highest BCUT2D eigenvalue weighted by molar-refractivity contribution is 7.91. The van der Waals surface area contributed by atoms with Crippen molar-refractivity contribution >= 4 is 9.84 Å². The van der Waals surface area contributed by atoms with E-state index in [1.54, 1.807) is 0 Å². The van der Waals surface area contributed by atoms with Crippen molar-refractivity contribution in [3.8, 4) is 0 Å². The van der Waals surface area contributed by atoms with Crippen molar-refractivity contribution < 1.29 is 8.42 Å². The number of sulfone groups is 1. The number of unbranched alkanes of at least 4 members (excludes halogenated alkanes) is 1. The molecule has 1 aliphatic heterocycles. The molecule has 1 rings (SSSR count). The van der Waals surface area contributed by atoms with Gasteiger partial charge in [-0.2, -0.15) is 0 Å². The maximum atomic E-state index is 11.1. The smallest absolute Gasteiger partial charge is 0.150 e. The van der Waals surface area contributed by atoms with E-state index >= 15 is 0 Å². The minimum Gasteiger partial charge on any atom is -0.330 e. The second-order valence-electron chi connectivity index (χ2n) is 3.88. The maximum absolute atomic E-state index is 11.1. The van der Waals surface area contributed by atoms with Gasteiger partial charge in [0.2, 0.25) is 0 Å². The van der Waals surface area contributed by atoms with Crippen molar-refractivity contribution in [2.75, 3.05) is 24.6 Å². The van der Waals surface area contributed by atoms with E-state index in [1.165, 1.54) is 0 Å². The average Bonchev–Trinajstić information content (AvgIpc) is 2.15. The zero-order chi connectivity index (χ0) is 10.4. The van der Waals surface area contributed by atoms with Gasteiger partial charge >= 0.3 is 0 Å². The molecular weight excluding hydrogens is 200 g/mol. The molecule has 5 heteroatoms. The number of hydrogen-bond donors (Lipinski definition) is 2. The third-order valence-corrected chi connectivity index (χ3v) is 4.33. The standard InChI is InChI=1S/C9H20N2O2S/c10-5-1-2-6-11-9-3-7-14(12,13)8-4-9/h9,11H,1-8,10H2. The Labute approximate surface area is 86.2 Å². The van der Waals surface area contributed by atoms with Gasteiger partial charge in [0.15, 0.2) is 0 Å². The van der Waals surface area contributed by atoms with E-state index in [1.807, 2.05) is 0 Å². The first-order valence-corrected chi connectivity index (χ1v) is 7.10. The Kier molecular flexibility index (Phi) is 4.84. The predicted octanol–water partition coefficient (Wildman–Crippen LogP) is -0.108. The van der Waals surface area contributed by atoms with Crippen molar-refractivity contribution in [1.29, 1.82) is 0 Å². The second-order valence-corrected chi connectivity index (χ2v) is 6.18. The first-order chi connectivity index (χ1) is 6.64. The Morgan fingerprint density at radius 2 is 1.86 bits per heavy atom. The summed E-state index contributed by atoms with van der Waals surface area (Å²) in [5.41, 5.74) is 5.38. The Bertz CT molecular complexity index is 238. The highest BCUT2D eigenvalue weighted by Gasteiger charge is 2.22. The molecule has 4 nitrogen and oxygen atoms in total. The fourth-order valence-corrected chi connectivity index (χ4v) is 3.16. The van der Waals surface area contributed by atoms with Crippen molar-refractivity contribution in [3.63, 3.8) is 0 Å². The van der Waals surface area contributed by atoms with Gasteiger partial charge in [0.1, 0.15) is 9.84 Å². The van der Waals surface area contributed by atoms with E-state index in [9.17, 15) is 8.42 Å². The predicted molar refractivity (Wildman–Crippen MR) is 58.0 cm³/mol. The number of rotatable bonds is 5. The molecule has 1 saturated heterocycles. The molecule has 0 spiro atoms. The molecule has 0 radical (unpaired) electrons. The lowest BCUT2D eigenvalue weighted by Crippen LogP contribution is -2.38. The minimum atomic E-state index is -2.71. The highest BCUT2D eigenvalue weighted by atomic mass is 32.2. The van der Waals surface area contributed by atoms with Crippen LogP contribution in [-0.4, -0.2) is 39.1 Å². The summed E-state index contributed by atoms with van der Waals surface area (Å²) in [5.74, 6) is 0.698. The zero-order valence-corrected chi connectivity index (χ0v) is 9.35. The summed E-state index contributed by atoms with van der Waals surface area (Å²) >= 11 is 0. The van der Waals surface area contributed by atoms with Gasteiger partial charge in [-0.3, -0.25) is 0 Å². The second kappa shape index (κ2) is 5.68. The van der Waals surface area contributed by atoms with Gasteiger partial charge in [0.25, 0.3) is 0 Å². The Hall–Kier alpha value is -0.130. The van der Waals surface area contributed by atoms with Crippen LogP contribution in [0.1, 0.15) is 25.7 Å². The third kappa shape index (κ3) is 4.39. The van der Waals surface area contributed by atoms with Crippen LogP contribution in [0.15, 0.2) is 0 Å². The van der Waals surface area contributed by atoms with Crippen LogP contribution in [-0.2, 0) is 9.84 Å². The molecule has 1 fully saturated rings. The van der Waals surface area contributed by atoms with E-state index in [0.717, 1.165) is 38.8 Å². The summed E-state index contributed by atoms with van der Waals surface area (Å²) < 4.78 is 22.3. The van der Waals surface area contributed by atoms with Crippen LogP contribution in [0.25, 0.3) is 0 Å². The lowest BCUT2D eigenvalue weighted by molar-refractivity contribution is 0.457. The van der Waals surface area contributed by atoms with Crippen molar-refractivity contribution in [2.45, 2.75) is 31.7 Å². The molecule has 84 valence electrons. The van der Waals surface area contributed by atoms with Crippen molar-refractivity contribution in [2.24, 2.45) is 5.73 Å². The lowest BCUT2D eigenvalue weighted by atomic mass is 10.1. The molecule has 0 aromatic carbocycles. The normalized spacial score (nSPS) is 22.4. The van der Waals surface area contributed by atoms with Gasteiger partial charge in [0, 0.05) is 6.04 Å². The van der Waals surface area contributed by atoms with E-state index in [4.69, 9.17) is 5.73 Å². The average molecular weight is 220 g/mol. The molecule has 0 aromatic heterocycles. The first kappa shape index (κ1) is 11.9. The highest BCUT2D eigenvalue weighted by Crippen LogP contribution is 2.11. The molecule has 14 heavy (non-hydrogen) atoms. The van der Waals surface area contributed by atoms with E-state index in [2.05, 4.69) is 5.32 Å². The van der Waals surface area contributed by atoms with Crippen LogP contribution < -0.4 is 11.1 Å². The molecule has 0 atom stereocenters. The molecule has 0 bridgehead atoms. The largest absolute Gasteiger partial charge is 0.330 e. The van der Waals surface area contributed by atoms with Crippen LogP contribution in [0.4, 0.5) is 0 Å². The van der Waals surface area contributed by atoms with Gasteiger partial charge in [-0.25, -0.2) is 8.42 Å². The Morgan fingerprint density at radius 3 is 2.43 bits per heavy atom. The fourth-order valence-electron chi connectivity index (χ4n) is 1.67. The monoisotopic (exact) mass is 220 g/mol. The van der Waals surface area contributed by atoms with Gasteiger partial charge in [0.05, 0.1) is 11.5 Å². The molecular formula is C9H20N2O2S. The van der Waals surface area contributed by atoms with Crippen LogP contribution in [0.5, 0.6) is 0 Å². The molecule has 0 unspecified atom stereocenters. The number of nitrogens with one attached hydrogen (secondary N) is 1. The van der Waals surface area contributed by atoms with Gasteiger partial charge in [-0.1, -0.05) is 0 Å². The van der Waals surface area contributed by atoms with E-state index in [0.29, 0.717) is 17.5 Å². The van der Waals surface area contributed by atoms with Gasteiger partial charge < -0.3 is 11.1 Å². The van der Waals surface area contributed by atoms with E-state index in [-0.39, 0.29) is 0 Å². The number of nitrogens with two attached hydrogens (primary N) is 1. The van der Waals surface area contributed by atoms with Gasteiger partial charge in [-0.05, 0) is 38.8 Å². The lowest BCUT2D eigenvalue weighted by Gasteiger charge is -2.22. The summed E-state index contributed by atoms with van der Waals surface area (Å²) in [6.45, 7) is 1.70. The Balaban J connectivity index is 2.10. The number of hydrogen-bond acceptors (Lipinski definition) is 4. The Morgan fingerprint density at radius 1 is 1.21 bits per heavy atom. The molecule has 0 aromatic rings. The van der Waals surface area contributed by atoms with E-state index < -0.39 is 9.84 Å². The summed E-state index contributed by atoms with van der Waals surface area (Å²) in [7, 11) is -2.71. The van der Waals surface area contributed by atoms with Crippen molar-refractivity contribution in [3.05, 3.63) is 0 Å². The topological polar surface area (TPSA) is 72.2 Å². The molecule has 0 saturated carbocycles. The SMILES string of the molecule is NCCCCNC1CCS(=O)(=O)CC1. The quantitative estimate of drug-likeness (QED) is 0.634. The first-order valence-electron chi connectivity index (χ1n) is 5.28. The molecule has 0 amide bonds. The molecule has 0 aliphatic carbocycles. The molecule has 3 N–H and O–H groups in total. The van der Waals surface area contributed by atoms with Crippen LogP contribution in [0.2, 0.25) is 0 Å². The van der Waals surface area contributed by atoms with Crippen LogP contribution >= 0.6 is 0 Å². The van der Waals surface area contributed by atoms with Gasteiger partial charge in [-0.15, -0.1) is 0 Å². The summed E-state index contributed by atoms with van der Waals surface area (Å²) in [6, 6.07) is 0.399. The summed E-state index contributed by atoms with van der Waals surface area (Å²) in [6.07, 6.45) is 3.66. The molecule has 1 heterocycles. The van der Waals surface area contributed by atoms with Crippen LogP contribution in [0.3, 0.4) is 0 Å². The minimum absolute atomic E-state index is 0.349. The zero-order valence-electron chi connectivity index (χ0n) is 8.54. The fraction of sp³-hybridized carbons (Fsp3) is 1.00. The summed E-state index contributed by atoms with van der Waals surface area (Å²) in [5, 5.41) is 3.37. The summed E-state index contributed by atoms with van der Waals surface area (Å²) in [4.78, 5) is 0.